The molecule has 1 amide bonds. The third-order valence-electron chi connectivity index (χ3n) is 11.7. The van der Waals surface area contributed by atoms with Crippen LogP contribution in [-0.4, -0.2) is 68.5 Å². The lowest BCUT2D eigenvalue weighted by Gasteiger charge is -2.29. The van der Waals surface area contributed by atoms with Gasteiger partial charge >= 0.3 is 0 Å². The first kappa shape index (κ1) is 62.2. The van der Waals surface area contributed by atoms with Crippen molar-refractivity contribution in [1.29, 1.82) is 0 Å². The predicted molar refractivity (Wildman–Crippen MR) is 274 cm³/mol. The van der Waals surface area contributed by atoms with Crippen molar-refractivity contribution in [3.05, 3.63) is 60.8 Å². The number of nitrogens with one attached hydrogen (secondary N) is 1. The summed E-state index contributed by atoms with van der Waals surface area (Å²) in [4.78, 5) is 25.4. The van der Waals surface area contributed by atoms with Crippen molar-refractivity contribution in [1.82, 2.24) is 5.32 Å². The monoisotopic (exact) mass is 919 g/mol. The molecule has 0 aromatic carbocycles. The first-order valence-electron chi connectivity index (χ1n) is 26.7. The van der Waals surface area contributed by atoms with Gasteiger partial charge in [0.2, 0.25) is 5.91 Å². The number of rotatable bonds is 48. The highest BCUT2D eigenvalue weighted by Gasteiger charge is 2.23. The first-order chi connectivity index (χ1) is 31.0. The zero-order valence-corrected chi connectivity index (χ0v) is 43.4. The number of hydrogen-bond donors (Lipinski definition) is 2. The van der Waals surface area contributed by atoms with Gasteiger partial charge in [-0.15, -0.1) is 0 Å². The summed E-state index contributed by atoms with van der Waals surface area (Å²) in [6.07, 6.45) is 61.3. The van der Waals surface area contributed by atoms with E-state index in [0.717, 1.165) is 64.2 Å². The third kappa shape index (κ3) is 48.1. The van der Waals surface area contributed by atoms with Crippen LogP contribution in [0.2, 0.25) is 0 Å². The third-order valence-corrected chi connectivity index (χ3v) is 12.7. The fraction of sp³-hybridized carbons (Fsp3) is 0.800. The van der Waals surface area contributed by atoms with Gasteiger partial charge in [-0.25, -0.2) is 0 Å². The van der Waals surface area contributed by atoms with E-state index in [1.54, 1.807) is 6.08 Å². The van der Waals surface area contributed by atoms with Crippen LogP contribution in [0.25, 0.3) is 0 Å². The lowest BCUT2D eigenvalue weighted by atomic mass is 10.0. The normalized spacial score (nSPS) is 14.5. The average molecular weight is 919 g/mol. The number of allylic oxidation sites excluding steroid dienone is 9. The molecular weight excluding hydrogens is 816 g/mol. The maximum atomic E-state index is 12.9. The van der Waals surface area contributed by atoms with Crippen LogP contribution in [0.5, 0.6) is 0 Å². The molecule has 3 unspecified atom stereocenters. The maximum Gasteiger partial charge on any atom is 0.268 e. The molecule has 0 saturated carbocycles. The molecular formula is C55H103N2O6P. The molecule has 0 aromatic heterocycles. The number of likely N-dealkylation sites (N-methyl/N-ethyl adjacent to an activating group) is 1. The summed E-state index contributed by atoms with van der Waals surface area (Å²) in [6, 6.07) is -0.889. The minimum absolute atomic E-state index is 0.00275. The van der Waals surface area contributed by atoms with Crippen molar-refractivity contribution in [3.8, 4) is 0 Å². The van der Waals surface area contributed by atoms with Gasteiger partial charge in [-0.1, -0.05) is 229 Å². The molecule has 0 aliphatic carbocycles. The van der Waals surface area contributed by atoms with Gasteiger partial charge in [-0.2, -0.15) is 0 Å². The lowest BCUT2D eigenvalue weighted by molar-refractivity contribution is -0.870. The molecule has 0 fully saturated rings. The Labute approximate surface area is 396 Å². The molecule has 374 valence electrons. The highest BCUT2D eigenvalue weighted by molar-refractivity contribution is 7.45. The highest BCUT2D eigenvalue weighted by atomic mass is 31.2. The summed E-state index contributed by atoms with van der Waals surface area (Å²) in [5, 5.41) is 13.9. The molecule has 64 heavy (non-hydrogen) atoms. The predicted octanol–water partition coefficient (Wildman–Crippen LogP) is 15.1. The van der Waals surface area contributed by atoms with E-state index in [1.807, 2.05) is 27.2 Å². The number of hydrogen-bond acceptors (Lipinski definition) is 6. The van der Waals surface area contributed by atoms with E-state index in [9.17, 15) is 19.4 Å². The van der Waals surface area contributed by atoms with Crippen LogP contribution in [0.15, 0.2) is 60.8 Å². The van der Waals surface area contributed by atoms with Crippen molar-refractivity contribution >= 4 is 13.7 Å². The first-order valence-corrected chi connectivity index (χ1v) is 28.1. The van der Waals surface area contributed by atoms with E-state index in [2.05, 4.69) is 67.8 Å². The molecule has 8 nitrogen and oxygen atoms in total. The summed E-state index contributed by atoms with van der Waals surface area (Å²) in [5.74, 6) is -0.200. The fourth-order valence-electron chi connectivity index (χ4n) is 7.56. The molecule has 0 aromatic rings. The number of aliphatic hydroxyl groups is 1. The topological polar surface area (TPSA) is 108 Å². The van der Waals surface area contributed by atoms with Crippen LogP contribution in [0.1, 0.15) is 232 Å². The van der Waals surface area contributed by atoms with E-state index in [1.165, 1.54) is 148 Å². The Morgan fingerprint density at radius 1 is 0.562 bits per heavy atom. The zero-order chi connectivity index (χ0) is 47.1. The molecule has 0 bridgehead atoms. The van der Waals surface area contributed by atoms with Crippen molar-refractivity contribution in [3.63, 3.8) is 0 Å². The number of carbonyl (C=O) groups excluding carboxylic acids is 1. The van der Waals surface area contributed by atoms with Gasteiger partial charge in [0.1, 0.15) is 13.2 Å². The molecule has 2 N–H and O–H groups in total. The summed E-state index contributed by atoms with van der Waals surface area (Å²) in [7, 11) is 1.26. The van der Waals surface area contributed by atoms with Gasteiger partial charge in [-0.05, 0) is 57.8 Å². The maximum absolute atomic E-state index is 12.9. The summed E-state index contributed by atoms with van der Waals surface area (Å²) < 4.78 is 23.3. The number of unbranched alkanes of at least 4 members (excludes halogenated alkanes) is 27. The van der Waals surface area contributed by atoms with E-state index < -0.39 is 20.0 Å². The zero-order valence-electron chi connectivity index (χ0n) is 42.5. The van der Waals surface area contributed by atoms with E-state index in [-0.39, 0.29) is 19.1 Å². The quantitative estimate of drug-likeness (QED) is 0.0272. The number of amides is 1. The largest absolute Gasteiger partial charge is 0.756 e. The number of phosphoric acid groups is 1. The van der Waals surface area contributed by atoms with Crippen molar-refractivity contribution in [2.24, 2.45) is 0 Å². The Bertz CT molecular complexity index is 1230. The second-order valence-electron chi connectivity index (χ2n) is 19.2. The number of quaternary nitrogens is 1. The molecule has 0 rings (SSSR count). The summed E-state index contributed by atoms with van der Waals surface area (Å²) in [5.41, 5.74) is 0. The Morgan fingerprint density at radius 2 is 0.953 bits per heavy atom. The Morgan fingerprint density at radius 3 is 1.39 bits per heavy atom. The van der Waals surface area contributed by atoms with Crippen LogP contribution in [0.4, 0.5) is 0 Å². The van der Waals surface area contributed by atoms with E-state index >= 15 is 0 Å². The molecule has 0 saturated heterocycles. The fourth-order valence-corrected chi connectivity index (χ4v) is 8.28. The molecule has 0 aliphatic heterocycles. The molecule has 0 spiro atoms. The molecule has 3 atom stereocenters. The van der Waals surface area contributed by atoms with Gasteiger partial charge in [0.05, 0.1) is 39.9 Å². The van der Waals surface area contributed by atoms with Gasteiger partial charge in [0.15, 0.2) is 0 Å². The smallest absolute Gasteiger partial charge is 0.268 e. The van der Waals surface area contributed by atoms with Crippen LogP contribution in [0.3, 0.4) is 0 Å². The van der Waals surface area contributed by atoms with Crippen molar-refractivity contribution in [2.45, 2.75) is 244 Å². The van der Waals surface area contributed by atoms with Crippen LogP contribution in [0, 0.1) is 0 Å². The molecule has 0 heterocycles. The highest BCUT2D eigenvalue weighted by Crippen LogP contribution is 2.38. The average Bonchev–Trinajstić information content (AvgIpc) is 3.25. The van der Waals surface area contributed by atoms with Gasteiger partial charge in [-0.3, -0.25) is 9.36 Å². The summed E-state index contributed by atoms with van der Waals surface area (Å²) in [6.45, 7) is 4.55. The number of phosphoric ester groups is 1. The van der Waals surface area contributed by atoms with Gasteiger partial charge in [0.25, 0.3) is 7.82 Å². The minimum atomic E-state index is -4.60. The Balaban J connectivity index is 4.25. The van der Waals surface area contributed by atoms with Gasteiger partial charge in [0, 0.05) is 6.42 Å². The SMILES string of the molecule is CC/C=C\C/C=C\C/C=C\C/C=C\CCCCCCCCCCCCCCC(=O)NC(COP(=O)([O-])OCC[N+](C)(C)C)C(O)/C=C/CCCCCCCCCCCCCCCCC. The molecule has 0 aliphatic rings. The van der Waals surface area contributed by atoms with Gasteiger partial charge < -0.3 is 28.8 Å². The summed E-state index contributed by atoms with van der Waals surface area (Å²) >= 11 is 0. The standard InChI is InChI=1S/C55H103N2O6P/c1-6-8-10-12-14-16-18-20-22-24-25-26-27-28-29-30-31-33-35-37-39-41-43-45-47-49-55(59)56-53(52-63-64(60,61)62-51-50-57(3,4)5)54(58)48-46-44-42-40-38-36-34-32-23-21-19-17-15-13-11-9-7-2/h8,10,14,16,20,22,25-26,46,48,53-54,58H,6-7,9,11-13,15,17-19,21,23-24,27-45,47,49-52H2,1-5H3,(H-,56,59,60,61)/b10-8-,16-14-,22-20-,26-25-,48-46+. The second-order valence-corrected chi connectivity index (χ2v) is 20.6. The van der Waals surface area contributed by atoms with Crippen molar-refractivity contribution in [2.75, 3.05) is 40.9 Å². The molecule has 0 radical (unpaired) electrons. The van der Waals surface area contributed by atoms with Crippen LogP contribution in [-0.2, 0) is 18.4 Å². The Hall–Kier alpha value is -1.80. The van der Waals surface area contributed by atoms with Crippen LogP contribution >= 0.6 is 7.82 Å². The van der Waals surface area contributed by atoms with E-state index in [0.29, 0.717) is 17.4 Å². The Kier molecular flexibility index (Phi) is 45.0. The lowest BCUT2D eigenvalue weighted by Crippen LogP contribution is -2.45. The number of nitrogens with zero attached hydrogens (tertiary/aromatic N) is 1. The van der Waals surface area contributed by atoms with Crippen LogP contribution < -0.4 is 10.2 Å². The van der Waals surface area contributed by atoms with Crippen molar-refractivity contribution < 1.29 is 32.9 Å². The van der Waals surface area contributed by atoms with E-state index in [4.69, 9.17) is 9.05 Å². The minimum Gasteiger partial charge on any atom is -0.756 e. The molecule has 9 heteroatoms. The number of carbonyl (C=O) groups is 1. The second kappa shape index (κ2) is 46.3. The number of aliphatic hydroxyl groups excluding tert-OH is 1.